The van der Waals surface area contributed by atoms with E-state index in [0.29, 0.717) is 23.3 Å². The van der Waals surface area contributed by atoms with Crippen LogP contribution in [0.4, 0.5) is 0 Å². The van der Waals surface area contributed by atoms with Gasteiger partial charge < -0.3 is 15.4 Å². The molecule has 0 aromatic rings. The number of carbonyl (C=O) groups excluding carboxylic acids is 2. The lowest BCUT2D eigenvalue weighted by Crippen LogP contribution is -2.45. The Labute approximate surface area is 124 Å². The number of amides is 2. The summed E-state index contributed by atoms with van der Waals surface area (Å²) in [5.74, 6) is -0.303. The number of carbonyl (C=O) groups is 2. The van der Waals surface area contributed by atoms with E-state index in [1.54, 1.807) is 19.1 Å². The number of hydrogen-bond donors (Lipinski definition) is 2. The molecule has 2 N–H and O–H groups in total. The van der Waals surface area contributed by atoms with Gasteiger partial charge in [-0.15, -0.1) is 0 Å². The third-order valence-corrected chi connectivity index (χ3v) is 4.05. The van der Waals surface area contributed by atoms with E-state index < -0.39 is 5.72 Å². The van der Waals surface area contributed by atoms with Crippen LogP contribution in [0.1, 0.15) is 27.2 Å². The third kappa shape index (κ3) is 2.23. The van der Waals surface area contributed by atoms with Crippen molar-refractivity contribution in [2.45, 2.75) is 32.9 Å². The molecule has 1 atom stereocenters. The van der Waals surface area contributed by atoms with Crippen molar-refractivity contribution in [3.8, 4) is 0 Å². The van der Waals surface area contributed by atoms with Crippen LogP contribution in [-0.4, -0.2) is 24.6 Å². The van der Waals surface area contributed by atoms with Crippen LogP contribution in [0.15, 0.2) is 46.7 Å². The van der Waals surface area contributed by atoms with Crippen molar-refractivity contribution in [3.63, 3.8) is 0 Å². The van der Waals surface area contributed by atoms with Crippen LogP contribution >= 0.6 is 0 Å². The summed E-state index contributed by atoms with van der Waals surface area (Å²) >= 11 is 0. The third-order valence-electron chi connectivity index (χ3n) is 4.05. The molecule has 2 heterocycles. The average molecular weight is 288 g/mol. The Bertz CT molecular complexity index is 625. The smallest absolute Gasteiger partial charge is 0.251 e. The lowest BCUT2D eigenvalue weighted by atomic mass is 9.99. The summed E-state index contributed by atoms with van der Waals surface area (Å²) in [4.78, 5) is 23.8. The van der Waals surface area contributed by atoms with Crippen LogP contribution in [-0.2, 0) is 14.3 Å². The van der Waals surface area contributed by atoms with Gasteiger partial charge in [-0.1, -0.05) is 19.6 Å². The van der Waals surface area contributed by atoms with Gasteiger partial charge in [-0.25, -0.2) is 0 Å². The normalized spacial score (nSPS) is 27.5. The molecule has 0 saturated heterocycles. The van der Waals surface area contributed by atoms with Crippen LogP contribution in [0.5, 0.6) is 0 Å². The number of allylic oxidation sites excluding steroid dienone is 1. The molecule has 0 saturated carbocycles. The van der Waals surface area contributed by atoms with Gasteiger partial charge in [0.25, 0.3) is 5.91 Å². The predicted octanol–water partition coefficient (Wildman–Crippen LogP) is 1.70. The van der Waals surface area contributed by atoms with Crippen LogP contribution in [0.2, 0.25) is 0 Å². The minimum Gasteiger partial charge on any atom is -0.351 e. The maximum atomic E-state index is 11.9. The molecule has 2 rings (SSSR count). The Morgan fingerprint density at radius 1 is 1.24 bits per heavy atom. The second kappa shape index (κ2) is 5.33. The number of hydrogen-bond acceptors (Lipinski definition) is 3. The summed E-state index contributed by atoms with van der Waals surface area (Å²) in [6.45, 7) is 9.29. The molecule has 1 unspecified atom stereocenters. The molecule has 21 heavy (non-hydrogen) atoms. The topological polar surface area (TPSA) is 67.4 Å². The van der Waals surface area contributed by atoms with Gasteiger partial charge in [0.05, 0.1) is 0 Å². The predicted molar refractivity (Wildman–Crippen MR) is 80.0 cm³/mol. The summed E-state index contributed by atoms with van der Waals surface area (Å²) in [6, 6.07) is 0. The van der Waals surface area contributed by atoms with Crippen molar-refractivity contribution in [2.75, 3.05) is 7.11 Å². The summed E-state index contributed by atoms with van der Waals surface area (Å²) in [5.41, 5.74) is 2.42. The fraction of sp³-hybridized carbons (Fsp3) is 0.375. The summed E-state index contributed by atoms with van der Waals surface area (Å²) in [6.07, 6.45) is 3.99. The highest BCUT2D eigenvalue weighted by Crippen LogP contribution is 2.33. The zero-order valence-electron chi connectivity index (χ0n) is 12.8. The summed E-state index contributed by atoms with van der Waals surface area (Å²) < 4.78 is 5.55. The molecule has 2 aliphatic heterocycles. The summed E-state index contributed by atoms with van der Waals surface area (Å²) in [7, 11) is 1.51. The first kappa shape index (κ1) is 15.3. The Morgan fingerprint density at radius 2 is 1.90 bits per heavy atom. The molecule has 0 aromatic heterocycles. The number of nitrogens with one attached hydrogen (secondary N) is 2. The molecule has 2 amide bonds. The first-order valence-electron chi connectivity index (χ1n) is 6.86. The van der Waals surface area contributed by atoms with Gasteiger partial charge in [0.2, 0.25) is 5.91 Å². The summed E-state index contributed by atoms with van der Waals surface area (Å²) in [5, 5.41) is 5.63. The first-order valence-corrected chi connectivity index (χ1v) is 6.86. The molecule has 112 valence electrons. The van der Waals surface area contributed by atoms with Crippen molar-refractivity contribution in [3.05, 3.63) is 46.7 Å². The lowest BCUT2D eigenvalue weighted by molar-refractivity contribution is -0.120. The lowest BCUT2D eigenvalue weighted by Gasteiger charge is -2.27. The van der Waals surface area contributed by atoms with E-state index in [1.165, 1.54) is 7.11 Å². The largest absolute Gasteiger partial charge is 0.351 e. The van der Waals surface area contributed by atoms with E-state index in [-0.39, 0.29) is 11.8 Å². The van der Waals surface area contributed by atoms with E-state index in [4.69, 9.17) is 4.74 Å². The van der Waals surface area contributed by atoms with Crippen LogP contribution < -0.4 is 10.6 Å². The van der Waals surface area contributed by atoms with Crippen molar-refractivity contribution in [1.82, 2.24) is 10.6 Å². The van der Waals surface area contributed by atoms with Crippen molar-refractivity contribution < 1.29 is 14.3 Å². The van der Waals surface area contributed by atoms with E-state index in [9.17, 15) is 9.59 Å². The fourth-order valence-electron chi connectivity index (χ4n) is 2.77. The second-order valence-electron chi connectivity index (χ2n) is 5.11. The highest BCUT2D eigenvalue weighted by Gasteiger charge is 2.42. The van der Waals surface area contributed by atoms with Crippen LogP contribution in [0, 0.1) is 0 Å². The minimum atomic E-state index is -1.09. The maximum Gasteiger partial charge on any atom is 0.251 e. The Balaban J connectivity index is 2.53. The van der Waals surface area contributed by atoms with Gasteiger partial charge >= 0.3 is 0 Å². The van der Waals surface area contributed by atoms with E-state index >= 15 is 0 Å². The van der Waals surface area contributed by atoms with Gasteiger partial charge in [0, 0.05) is 29.5 Å². The standard InChI is InChI=1S/C16H20N2O3/c1-6-11-9(3)13(17-15(11)20)8-16(21-5)12(7-2)10(4)14(19)18-16/h7-8H,2,6H2,1,3-5H3,(H,17,20)(H,18,19)/b13-8-. The Hall–Kier alpha value is -2.14. The van der Waals surface area contributed by atoms with Gasteiger partial charge in [-0.05, 0) is 31.9 Å². The van der Waals surface area contributed by atoms with Gasteiger partial charge in [0.1, 0.15) is 0 Å². The van der Waals surface area contributed by atoms with Crippen molar-refractivity contribution in [2.24, 2.45) is 0 Å². The van der Waals surface area contributed by atoms with Gasteiger partial charge in [-0.3, -0.25) is 9.59 Å². The molecule has 2 aliphatic rings. The number of ether oxygens (including phenoxy) is 1. The first-order chi connectivity index (χ1) is 9.90. The zero-order valence-corrected chi connectivity index (χ0v) is 12.8. The highest BCUT2D eigenvalue weighted by molar-refractivity contribution is 6.01. The van der Waals surface area contributed by atoms with E-state index in [2.05, 4.69) is 17.2 Å². The van der Waals surface area contributed by atoms with Crippen LogP contribution in [0.25, 0.3) is 0 Å². The van der Waals surface area contributed by atoms with Crippen LogP contribution in [0.3, 0.4) is 0 Å². The molecule has 0 aromatic carbocycles. The molecule has 5 heteroatoms. The molecular formula is C16H20N2O3. The van der Waals surface area contributed by atoms with Crippen molar-refractivity contribution >= 4 is 11.8 Å². The van der Waals surface area contributed by atoms with Gasteiger partial charge in [-0.2, -0.15) is 0 Å². The molecule has 0 radical (unpaired) electrons. The molecule has 0 fully saturated rings. The van der Waals surface area contributed by atoms with Gasteiger partial charge in [0.15, 0.2) is 5.72 Å². The molecule has 0 aliphatic carbocycles. The number of methoxy groups -OCH3 is 1. The second-order valence-corrected chi connectivity index (χ2v) is 5.11. The Morgan fingerprint density at radius 3 is 2.38 bits per heavy atom. The highest BCUT2D eigenvalue weighted by atomic mass is 16.5. The molecule has 5 nitrogen and oxygen atoms in total. The van der Waals surface area contributed by atoms with E-state index in [1.807, 2.05) is 13.8 Å². The Kier molecular flexibility index (Phi) is 3.87. The SMILES string of the molecule is C=CC1=C(C)C(=O)NC1(/C=C1\NC(=O)C(CC)=C1C)OC. The minimum absolute atomic E-state index is 0.0994. The molecule has 0 spiro atoms. The quantitative estimate of drug-likeness (QED) is 0.827. The van der Waals surface area contributed by atoms with E-state index in [0.717, 1.165) is 11.1 Å². The molecule has 0 bridgehead atoms. The zero-order chi connectivity index (χ0) is 15.8. The number of rotatable bonds is 4. The monoisotopic (exact) mass is 288 g/mol. The fourth-order valence-corrected chi connectivity index (χ4v) is 2.77. The maximum absolute atomic E-state index is 11.9. The average Bonchev–Trinajstić information content (AvgIpc) is 2.85. The van der Waals surface area contributed by atoms with Crippen molar-refractivity contribution in [1.29, 1.82) is 0 Å². The molecular weight excluding hydrogens is 268 g/mol.